The van der Waals surface area contributed by atoms with Gasteiger partial charge in [0, 0.05) is 19.0 Å². The van der Waals surface area contributed by atoms with Crippen molar-refractivity contribution in [1.82, 2.24) is 9.80 Å². The number of nitrogens with zero attached hydrogens (tertiary/aromatic N) is 2. The SMILES string of the molecule is CCCCCCCCCC(CCCCCC)CCN(CC(CO)[P+](=O)CCN(C)C)C(=O)C(C)CCCCCCCC. The summed E-state index contributed by atoms with van der Waals surface area (Å²) < 4.78 is 13.1. The summed E-state index contributed by atoms with van der Waals surface area (Å²) in [5.74, 6) is 0.844. The zero-order chi connectivity index (χ0) is 31.4. The molecule has 42 heavy (non-hydrogen) atoms. The number of aliphatic hydroxyl groups excluding tert-OH is 1. The highest BCUT2D eigenvalue weighted by Crippen LogP contribution is 2.30. The molecule has 0 spiro atoms. The van der Waals surface area contributed by atoms with Gasteiger partial charge in [-0.25, -0.2) is 0 Å². The van der Waals surface area contributed by atoms with Crippen LogP contribution in [0.5, 0.6) is 0 Å². The molecule has 5 nitrogen and oxygen atoms in total. The van der Waals surface area contributed by atoms with Crippen LogP contribution in [0.1, 0.15) is 163 Å². The van der Waals surface area contributed by atoms with Crippen molar-refractivity contribution in [1.29, 1.82) is 0 Å². The first-order valence-corrected chi connectivity index (χ1v) is 19.8. The van der Waals surface area contributed by atoms with Crippen molar-refractivity contribution in [2.75, 3.05) is 46.5 Å². The maximum absolute atomic E-state index is 13.8. The van der Waals surface area contributed by atoms with Gasteiger partial charge < -0.3 is 14.9 Å². The molecule has 0 aromatic heterocycles. The van der Waals surface area contributed by atoms with E-state index >= 15 is 0 Å². The van der Waals surface area contributed by atoms with Gasteiger partial charge in [-0.1, -0.05) is 154 Å². The predicted molar refractivity (Wildman–Crippen MR) is 185 cm³/mol. The molecule has 0 radical (unpaired) electrons. The lowest BCUT2D eigenvalue weighted by atomic mass is 9.91. The normalized spacial score (nSPS) is 14.2. The molecular weight excluding hydrogens is 539 g/mol. The van der Waals surface area contributed by atoms with Crippen molar-refractivity contribution in [3.05, 3.63) is 0 Å². The van der Waals surface area contributed by atoms with Gasteiger partial charge in [-0.2, -0.15) is 0 Å². The molecule has 1 N–H and O–H groups in total. The maximum atomic E-state index is 13.8. The number of amides is 1. The zero-order valence-corrected chi connectivity index (χ0v) is 30.1. The average Bonchev–Trinajstić information content (AvgIpc) is 2.98. The third-order valence-electron chi connectivity index (χ3n) is 9.03. The van der Waals surface area contributed by atoms with Crippen molar-refractivity contribution >= 4 is 13.7 Å². The Morgan fingerprint density at radius 3 is 1.60 bits per heavy atom. The summed E-state index contributed by atoms with van der Waals surface area (Å²) in [6.45, 7) is 10.7. The molecule has 0 aromatic rings. The van der Waals surface area contributed by atoms with Crippen molar-refractivity contribution in [2.45, 2.75) is 168 Å². The molecule has 0 rings (SSSR count). The molecule has 0 saturated heterocycles. The van der Waals surface area contributed by atoms with Crippen LogP contribution in [0.15, 0.2) is 0 Å². The summed E-state index contributed by atoms with van der Waals surface area (Å²) >= 11 is 0. The lowest BCUT2D eigenvalue weighted by Gasteiger charge is -2.29. The summed E-state index contributed by atoms with van der Waals surface area (Å²) in [5, 5.41) is 10.2. The van der Waals surface area contributed by atoms with Gasteiger partial charge in [-0.3, -0.25) is 4.79 Å². The van der Waals surface area contributed by atoms with Crippen LogP contribution >= 0.6 is 7.80 Å². The van der Waals surface area contributed by atoms with Gasteiger partial charge in [-0.05, 0) is 32.9 Å². The molecule has 0 aliphatic rings. The third kappa shape index (κ3) is 22.9. The highest BCUT2D eigenvalue weighted by molar-refractivity contribution is 7.45. The van der Waals surface area contributed by atoms with Crippen LogP contribution in [0.3, 0.4) is 0 Å². The lowest BCUT2D eigenvalue weighted by Crippen LogP contribution is -2.42. The van der Waals surface area contributed by atoms with Crippen LogP contribution in [0.4, 0.5) is 0 Å². The first-order valence-electron chi connectivity index (χ1n) is 18.3. The van der Waals surface area contributed by atoms with Crippen LogP contribution in [-0.2, 0) is 9.36 Å². The first-order chi connectivity index (χ1) is 20.3. The number of unbranched alkanes of at least 4 members (excludes halogenated alkanes) is 14. The molecule has 0 saturated carbocycles. The monoisotopic (exact) mass is 614 g/mol. The van der Waals surface area contributed by atoms with E-state index in [1.165, 1.54) is 116 Å². The van der Waals surface area contributed by atoms with E-state index in [-0.39, 0.29) is 24.1 Å². The van der Waals surface area contributed by atoms with Crippen molar-refractivity contribution in [2.24, 2.45) is 11.8 Å². The highest BCUT2D eigenvalue weighted by Gasteiger charge is 2.34. The summed E-state index contributed by atoms with van der Waals surface area (Å²) in [6.07, 6.45) is 27.0. The second-order valence-corrected chi connectivity index (χ2v) is 15.4. The molecule has 1 amide bonds. The molecule has 0 aliphatic carbocycles. The van der Waals surface area contributed by atoms with E-state index in [1.807, 2.05) is 23.9 Å². The maximum Gasteiger partial charge on any atom is 0.347 e. The minimum Gasteiger partial charge on any atom is -0.392 e. The molecule has 0 fully saturated rings. The quantitative estimate of drug-likeness (QED) is 0.0624. The fourth-order valence-corrected chi connectivity index (χ4v) is 7.48. The summed E-state index contributed by atoms with van der Waals surface area (Å²) in [4.78, 5) is 17.8. The van der Waals surface area contributed by atoms with E-state index in [4.69, 9.17) is 0 Å². The minimum atomic E-state index is -1.57. The topological polar surface area (TPSA) is 60.9 Å². The van der Waals surface area contributed by atoms with Gasteiger partial charge in [0.15, 0.2) is 11.8 Å². The van der Waals surface area contributed by atoms with E-state index in [0.29, 0.717) is 18.6 Å². The van der Waals surface area contributed by atoms with Crippen molar-refractivity contribution in [3.8, 4) is 0 Å². The molecular formula is C36H74N2O3P+. The summed E-state index contributed by atoms with van der Waals surface area (Å²) in [7, 11) is 2.41. The molecule has 250 valence electrons. The second-order valence-electron chi connectivity index (χ2n) is 13.4. The highest BCUT2D eigenvalue weighted by atomic mass is 31.1. The van der Waals surface area contributed by atoms with Crippen molar-refractivity contribution in [3.63, 3.8) is 0 Å². The van der Waals surface area contributed by atoms with Crippen molar-refractivity contribution < 1.29 is 14.5 Å². The number of hydrogen-bond donors (Lipinski definition) is 1. The summed E-state index contributed by atoms with van der Waals surface area (Å²) in [6, 6.07) is 0. The van der Waals surface area contributed by atoms with Gasteiger partial charge in [0.2, 0.25) is 5.91 Å². The number of rotatable bonds is 31. The Kier molecular flexibility index (Phi) is 28.9. The molecule has 0 heterocycles. The lowest BCUT2D eigenvalue weighted by molar-refractivity contribution is -0.135. The number of carbonyl (C=O) groups excluding carboxylic acids is 1. The number of aliphatic hydroxyl groups is 1. The molecule has 4 unspecified atom stereocenters. The predicted octanol–water partition coefficient (Wildman–Crippen LogP) is 10.1. The van der Waals surface area contributed by atoms with Gasteiger partial charge in [0.25, 0.3) is 0 Å². The van der Waals surface area contributed by atoms with E-state index in [0.717, 1.165) is 32.4 Å². The standard InChI is InChI=1S/C36H74N2O3P/c1-7-10-13-16-18-20-23-26-34(25-22-15-12-9-3)27-28-38(31-35(32-39)42(41)30-29-37(5)6)36(40)33(4)24-21-19-17-14-11-8-2/h33-35,39H,7-32H2,1-6H3/q+1. The Balaban J connectivity index is 5.29. The number of carbonyl (C=O) groups is 1. The van der Waals surface area contributed by atoms with E-state index in [2.05, 4.69) is 27.7 Å². The number of hydrogen-bond acceptors (Lipinski definition) is 4. The second kappa shape index (κ2) is 29.2. The Bertz CT molecular complexity index is 631. The third-order valence-corrected chi connectivity index (χ3v) is 10.8. The Hall–Kier alpha value is -0.510. The van der Waals surface area contributed by atoms with Crippen LogP contribution in [0, 0.1) is 11.8 Å². The van der Waals surface area contributed by atoms with Gasteiger partial charge in [-0.15, -0.1) is 0 Å². The molecule has 4 atom stereocenters. The van der Waals surface area contributed by atoms with Gasteiger partial charge in [0.05, 0.1) is 13.2 Å². The minimum absolute atomic E-state index is 0.0127. The van der Waals surface area contributed by atoms with Crippen LogP contribution in [0.2, 0.25) is 0 Å². The van der Waals surface area contributed by atoms with Gasteiger partial charge in [0.1, 0.15) is 0 Å². The average molecular weight is 614 g/mol. The fraction of sp³-hybridized carbons (Fsp3) is 0.972. The van der Waals surface area contributed by atoms with Crippen LogP contribution in [-0.4, -0.2) is 73.0 Å². The smallest absolute Gasteiger partial charge is 0.347 e. The fourth-order valence-electron chi connectivity index (χ4n) is 5.95. The molecule has 0 aromatic carbocycles. The van der Waals surface area contributed by atoms with E-state index in [9.17, 15) is 14.5 Å². The van der Waals surface area contributed by atoms with E-state index in [1.54, 1.807) is 0 Å². The first kappa shape index (κ1) is 41.5. The molecule has 0 bridgehead atoms. The molecule has 6 heteroatoms. The Morgan fingerprint density at radius 2 is 1.12 bits per heavy atom. The zero-order valence-electron chi connectivity index (χ0n) is 29.2. The Labute approximate surface area is 264 Å². The Morgan fingerprint density at radius 1 is 0.667 bits per heavy atom. The van der Waals surface area contributed by atoms with Crippen LogP contribution in [0.25, 0.3) is 0 Å². The van der Waals surface area contributed by atoms with Gasteiger partial charge >= 0.3 is 7.80 Å². The largest absolute Gasteiger partial charge is 0.392 e. The van der Waals surface area contributed by atoms with E-state index < -0.39 is 7.80 Å². The summed E-state index contributed by atoms with van der Waals surface area (Å²) in [5.41, 5.74) is -0.337. The van der Waals surface area contributed by atoms with Crippen LogP contribution < -0.4 is 0 Å². The molecule has 0 aliphatic heterocycles.